The minimum absolute atomic E-state index is 0.00926. The lowest BCUT2D eigenvalue weighted by Crippen LogP contribution is -2.36. The van der Waals surface area contributed by atoms with Gasteiger partial charge in [-0.3, -0.25) is 9.59 Å². The fourth-order valence-corrected chi connectivity index (χ4v) is 0.813. The van der Waals surface area contributed by atoms with Crippen LogP contribution in [0.15, 0.2) is 0 Å². The lowest BCUT2D eigenvalue weighted by Gasteiger charge is -2.18. The Bertz CT molecular complexity index is 241. The zero-order valence-electron chi connectivity index (χ0n) is 9.93. The van der Waals surface area contributed by atoms with Gasteiger partial charge in [0, 0.05) is 0 Å². The van der Waals surface area contributed by atoms with Crippen LogP contribution in [0.5, 0.6) is 0 Å². The molecule has 16 heavy (non-hydrogen) atoms. The van der Waals surface area contributed by atoms with Crippen molar-refractivity contribution >= 4 is 11.9 Å². The molecule has 0 aromatic rings. The number of nitrogens with two attached hydrogens (primary N) is 2. The number of esters is 2. The second-order valence-electron chi connectivity index (χ2n) is 3.67. The summed E-state index contributed by atoms with van der Waals surface area (Å²) in [6.45, 7) is 4.88. The van der Waals surface area contributed by atoms with Gasteiger partial charge in [0.1, 0.15) is 24.8 Å². The molecule has 0 unspecified atom stereocenters. The molecular weight excluding hydrogens is 212 g/mol. The summed E-state index contributed by atoms with van der Waals surface area (Å²) in [7, 11) is 0. The Hall–Kier alpha value is -1.14. The Morgan fingerprint density at radius 2 is 1.62 bits per heavy atom. The van der Waals surface area contributed by atoms with E-state index in [0.29, 0.717) is 6.42 Å². The second kappa shape index (κ2) is 7.19. The molecule has 0 saturated heterocycles. The van der Waals surface area contributed by atoms with Crippen LogP contribution < -0.4 is 11.5 Å². The molecule has 0 aliphatic heterocycles. The van der Waals surface area contributed by atoms with Crippen molar-refractivity contribution in [3.8, 4) is 0 Å². The van der Waals surface area contributed by atoms with E-state index in [0.717, 1.165) is 0 Å². The van der Waals surface area contributed by atoms with Gasteiger partial charge in [0.05, 0.1) is 0 Å². The van der Waals surface area contributed by atoms with Crippen molar-refractivity contribution in [3.63, 3.8) is 0 Å². The van der Waals surface area contributed by atoms with Crippen molar-refractivity contribution in [2.75, 3.05) is 6.61 Å². The van der Waals surface area contributed by atoms with Crippen LogP contribution in [0.4, 0.5) is 0 Å². The smallest absolute Gasteiger partial charge is 0.323 e. The van der Waals surface area contributed by atoms with Gasteiger partial charge in [-0.2, -0.15) is 0 Å². The molecule has 0 saturated carbocycles. The summed E-state index contributed by atoms with van der Waals surface area (Å²) >= 11 is 0. The first-order valence-electron chi connectivity index (χ1n) is 5.26. The van der Waals surface area contributed by atoms with Crippen molar-refractivity contribution in [3.05, 3.63) is 0 Å². The van der Waals surface area contributed by atoms with E-state index in [-0.39, 0.29) is 6.61 Å². The predicted molar refractivity (Wildman–Crippen MR) is 58.4 cm³/mol. The highest BCUT2D eigenvalue weighted by Crippen LogP contribution is 2.01. The lowest BCUT2D eigenvalue weighted by molar-refractivity contribution is -0.160. The number of ether oxygens (including phenoxy) is 2. The highest BCUT2D eigenvalue weighted by molar-refractivity contribution is 5.75. The monoisotopic (exact) mass is 232 g/mol. The van der Waals surface area contributed by atoms with Crippen molar-refractivity contribution in [2.24, 2.45) is 11.5 Å². The first-order valence-corrected chi connectivity index (χ1v) is 5.26. The average molecular weight is 232 g/mol. The number of rotatable bonds is 6. The van der Waals surface area contributed by atoms with Crippen molar-refractivity contribution in [2.45, 2.75) is 45.4 Å². The maximum atomic E-state index is 11.2. The van der Waals surface area contributed by atoms with Crippen LogP contribution in [-0.4, -0.2) is 36.7 Å². The fourth-order valence-electron chi connectivity index (χ4n) is 0.813. The number of hydrogen-bond donors (Lipinski definition) is 2. The van der Waals surface area contributed by atoms with Gasteiger partial charge in [-0.15, -0.1) is 0 Å². The molecule has 0 amide bonds. The van der Waals surface area contributed by atoms with Crippen molar-refractivity contribution in [1.82, 2.24) is 0 Å². The van der Waals surface area contributed by atoms with Gasteiger partial charge in [0.2, 0.25) is 0 Å². The van der Waals surface area contributed by atoms with Gasteiger partial charge in [0.25, 0.3) is 0 Å². The molecule has 0 rings (SSSR count). The molecule has 0 fully saturated rings. The molecule has 3 atom stereocenters. The number of carbonyl (C=O) groups excluding carboxylic acids is 2. The topological polar surface area (TPSA) is 105 Å². The maximum Gasteiger partial charge on any atom is 0.323 e. The van der Waals surface area contributed by atoms with Crippen molar-refractivity contribution in [1.29, 1.82) is 0 Å². The fraction of sp³-hybridized carbons (Fsp3) is 0.800. The van der Waals surface area contributed by atoms with Gasteiger partial charge in [-0.25, -0.2) is 0 Å². The van der Waals surface area contributed by atoms with Crippen LogP contribution >= 0.6 is 0 Å². The summed E-state index contributed by atoms with van der Waals surface area (Å²) in [5.41, 5.74) is 10.7. The van der Waals surface area contributed by atoms with E-state index in [4.69, 9.17) is 20.9 Å². The third-order valence-corrected chi connectivity index (χ3v) is 1.89. The van der Waals surface area contributed by atoms with Gasteiger partial charge < -0.3 is 20.9 Å². The highest BCUT2D eigenvalue weighted by atomic mass is 16.6. The third-order valence-electron chi connectivity index (χ3n) is 1.89. The molecule has 6 nitrogen and oxygen atoms in total. The van der Waals surface area contributed by atoms with E-state index in [9.17, 15) is 9.59 Å². The molecular formula is C10H20N2O4. The van der Waals surface area contributed by atoms with E-state index in [1.807, 2.05) is 6.92 Å². The van der Waals surface area contributed by atoms with E-state index in [2.05, 4.69) is 0 Å². The van der Waals surface area contributed by atoms with Crippen LogP contribution in [0.3, 0.4) is 0 Å². The molecule has 0 bridgehead atoms. The first kappa shape index (κ1) is 14.9. The molecule has 0 radical (unpaired) electrons. The Labute approximate surface area is 95.3 Å². The average Bonchev–Trinajstić information content (AvgIpc) is 2.22. The SMILES string of the molecule is CC[C@@H](COC(=O)[C@H](C)N)OC(=O)[C@H](C)N. The predicted octanol–water partition coefficient (Wildman–Crippen LogP) is -0.454. The largest absolute Gasteiger partial charge is 0.461 e. The first-order chi connectivity index (χ1) is 7.38. The van der Waals surface area contributed by atoms with Crippen LogP contribution in [0.25, 0.3) is 0 Å². The van der Waals surface area contributed by atoms with E-state index in [1.54, 1.807) is 0 Å². The molecule has 0 aromatic carbocycles. The van der Waals surface area contributed by atoms with Gasteiger partial charge in [0.15, 0.2) is 0 Å². The lowest BCUT2D eigenvalue weighted by atomic mass is 10.3. The Morgan fingerprint density at radius 3 is 2.00 bits per heavy atom. The molecule has 4 N–H and O–H groups in total. The molecule has 0 aromatic heterocycles. The van der Waals surface area contributed by atoms with Crippen LogP contribution in [0, 0.1) is 0 Å². The molecule has 6 heteroatoms. The van der Waals surface area contributed by atoms with E-state index in [1.165, 1.54) is 13.8 Å². The van der Waals surface area contributed by atoms with Gasteiger partial charge >= 0.3 is 11.9 Å². The second-order valence-corrected chi connectivity index (χ2v) is 3.67. The highest BCUT2D eigenvalue weighted by Gasteiger charge is 2.18. The maximum absolute atomic E-state index is 11.2. The molecule has 0 aliphatic rings. The van der Waals surface area contributed by atoms with Gasteiger partial charge in [-0.1, -0.05) is 6.92 Å². The standard InChI is InChI=1S/C10H20N2O4/c1-4-8(16-10(14)7(3)12)5-15-9(13)6(2)11/h6-8H,4-5,11-12H2,1-3H3/t6-,7-,8-/m0/s1. The molecule has 94 valence electrons. The number of carbonyl (C=O) groups is 2. The zero-order valence-corrected chi connectivity index (χ0v) is 9.93. The third kappa shape index (κ3) is 5.67. The van der Waals surface area contributed by atoms with Crippen molar-refractivity contribution < 1.29 is 19.1 Å². The Morgan fingerprint density at radius 1 is 1.12 bits per heavy atom. The molecule has 0 aliphatic carbocycles. The normalized spacial score (nSPS) is 16.1. The van der Waals surface area contributed by atoms with Crippen LogP contribution in [0.1, 0.15) is 27.2 Å². The Balaban J connectivity index is 4.02. The summed E-state index contributed by atoms with van der Waals surface area (Å²) < 4.78 is 9.86. The summed E-state index contributed by atoms with van der Waals surface area (Å²) in [5, 5.41) is 0. The molecule has 0 heterocycles. The minimum atomic E-state index is -0.682. The number of hydrogen-bond acceptors (Lipinski definition) is 6. The summed E-state index contributed by atoms with van der Waals surface area (Å²) in [5.74, 6) is -1.03. The summed E-state index contributed by atoms with van der Waals surface area (Å²) in [6, 6.07) is -1.36. The zero-order chi connectivity index (χ0) is 12.7. The van der Waals surface area contributed by atoms with E-state index < -0.39 is 30.1 Å². The Kier molecular flexibility index (Phi) is 6.67. The quantitative estimate of drug-likeness (QED) is 0.601. The van der Waals surface area contributed by atoms with E-state index >= 15 is 0 Å². The summed E-state index contributed by atoms with van der Waals surface area (Å²) in [4.78, 5) is 22.2. The minimum Gasteiger partial charge on any atom is -0.461 e. The van der Waals surface area contributed by atoms with Gasteiger partial charge in [-0.05, 0) is 20.3 Å². The van der Waals surface area contributed by atoms with Crippen LogP contribution in [0.2, 0.25) is 0 Å². The van der Waals surface area contributed by atoms with Crippen LogP contribution in [-0.2, 0) is 19.1 Å². The summed E-state index contributed by atoms with van der Waals surface area (Å²) in [6.07, 6.45) is 0.0752. The molecule has 0 spiro atoms.